The van der Waals surface area contributed by atoms with Gasteiger partial charge in [-0.2, -0.15) is 0 Å². The molecule has 0 radical (unpaired) electrons. The van der Waals surface area contributed by atoms with Gasteiger partial charge in [0.15, 0.2) is 0 Å². The number of hydrogen-bond acceptors (Lipinski definition) is 4. The lowest BCUT2D eigenvalue weighted by molar-refractivity contribution is 0.000868. The highest BCUT2D eigenvalue weighted by atomic mass is 127. The summed E-state index contributed by atoms with van der Waals surface area (Å²) in [6.07, 6.45) is 0. The molecule has 0 atom stereocenters. The standard InChI is InChI=1S/C14H21IO4/c1-16-6-7-17-8-9-18-10-11-19-12-13-2-4-14(15)5-3-13/h2-5H,6-12H2,1H3. The molecule has 0 spiro atoms. The molecule has 0 N–H and O–H groups in total. The van der Waals surface area contributed by atoms with E-state index in [0.717, 1.165) is 0 Å². The summed E-state index contributed by atoms with van der Waals surface area (Å²) in [6.45, 7) is 4.26. The Kier molecular flexibility index (Phi) is 10.3. The maximum absolute atomic E-state index is 5.52. The van der Waals surface area contributed by atoms with E-state index in [2.05, 4.69) is 46.9 Å². The molecule has 0 aliphatic carbocycles. The Morgan fingerprint density at radius 2 is 1.32 bits per heavy atom. The lowest BCUT2D eigenvalue weighted by Crippen LogP contribution is -2.11. The van der Waals surface area contributed by atoms with Crippen LogP contribution in [0.15, 0.2) is 24.3 Å². The summed E-state index contributed by atoms with van der Waals surface area (Å²) < 4.78 is 22.3. The minimum Gasteiger partial charge on any atom is -0.382 e. The fraction of sp³-hybridized carbons (Fsp3) is 0.571. The van der Waals surface area contributed by atoms with E-state index in [0.29, 0.717) is 46.2 Å². The molecule has 108 valence electrons. The molecule has 0 aliphatic heterocycles. The van der Waals surface area contributed by atoms with E-state index in [1.807, 2.05) is 0 Å². The summed E-state index contributed by atoms with van der Waals surface area (Å²) in [5.74, 6) is 0. The fourth-order valence-electron chi connectivity index (χ4n) is 1.35. The maximum atomic E-state index is 5.52. The summed E-state index contributed by atoms with van der Waals surface area (Å²) in [4.78, 5) is 0. The van der Waals surface area contributed by atoms with Gasteiger partial charge in [0.25, 0.3) is 0 Å². The van der Waals surface area contributed by atoms with Gasteiger partial charge in [-0.15, -0.1) is 0 Å². The van der Waals surface area contributed by atoms with Crippen LogP contribution in [0.4, 0.5) is 0 Å². The molecule has 4 nitrogen and oxygen atoms in total. The summed E-state index contributed by atoms with van der Waals surface area (Å²) in [5, 5.41) is 0. The predicted octanol–water partition coefficient (Wildman–Crippen LogP) is 2.49. The van der Waals surface area contributed by atoms with Crippen molar-refractivity contribution in [1.82, 2.24) is 0 Å². The number of ether oxygens (including phenoxy) is 4. The van der Waals surface area contributed by atoms with Crippen molar-refractivity contribution in [2.75, 3.05) is 46.8 Å². The van der Waals surface area contributed by atoms with Gasteiger partial charge in [-0.25, -0.2) is 0 Å². The minimum absolute atomic E-state index is 0.594. The van der Waals surface area contributed by atoms with Crippen molar-refractivity contribution < 1.29 is 18.9 Å². The van der Waals surface area contributed by atoms with E-state index < -0.39 is 0 Å². The molecule has 1 aromatic rings. The predicted molar refractivity (Wildman–Crippen MR) is 82.3 cm³/mol. The van der Waals surface area contributed by atoms with Crippen LogP contribution in [-0.4, -0.2) is 46.8 Å². The molecule has 0 fully saturated rings. The third-order valence-corrected chi connectivity index (χ3v) is 3.08. The van der Waals surface area contributed by atoms with Crippen LogP contribution in [0.1, 0.15) is 5.56 Å². The average molecular weight is 380 g/mol. The summed E-state index contributed by atoms with van der Waals surface area (Å²) in [7, 11) is 1.66. The Balaban J connectivity index is 1.87. The van der Waals surface area contributed by atoms with E-state index in [1.54, 1.807) is 7.11 Å². The van der Waals surface area contributed by atoms with Crippen LogP contribution in [0.25, 0.3) is 0 Å². The Morgan fingerprint density at radius 1 is 0.789 bits per heavy atom. The van der Waals surface area contributed by atoms with E-state index >= 15 is 0 Å². The van der Waals surface area contributed by atoms with E-state index in [4.69, 9.17) is 18.9 Å². The average Bonchev–Trinajstić information content (AvgIpc) is 2.43. The normalized spacial score (nSPS) is 10.8. The zero-order chi connectivity index (χ0) is 13.8. The van der Waals surface area contributed by atoms with Crippen molar-refractivity contribution in [3.63, 3.8) is 0 Å². The van der Waals surface area contributed by atoms with Gasteiger partial charge in [0.05, 0.1) is 46.2 Å². The van der Waals surface area contributed by atoms with Gasteiger partial charge in [-0.1, -0.05) is 12.1 Å². The number of halogens is 1. The number of benzene rings is 1. The number of hydrogen-bond donors (Lipinski definition) is 0. The van der Waals surface area contributed by atoms with E-state index in [-0.39, 0.29) is 0 Å². The second kappa shape index (κ2) is 11.6. The van der Waals surface area contributed by atoms with Crippen LogP contribution in [0, 0.1) is 3.57 Å². The highest BCUT2D eigenvalue weighted by molar-refractivity contribution is 14.1. The molecule has 1 rings (SSSR count). The summed E-state index contributed by atoms with van der Waals surface area (Å²) in [5.41, 5.74) is 1.18. The zero-order valence-corrected chi connectivity index (χ0v) is 13.4. The van der Waals surface area contributed by atoms with E-state index in [1.165, 1.54) is 9.13 Å². The van der Waals surface area contributed by atoms with Gasteiger partial charge in [-0.05, 0) is 40.3 Å². The third kappa shape index (κ3) is 9.34. The lowest BCUT2D eigenvalue weighted by atomic mass is 10.2. The quantitative estimate of drug-likeness (QED) is 0.437. The molecule has 0 saturated carbocycles. The smallest absolute Gasteiger partial charge is 0.0718 e. The van der Waals surface area contributed by atoms with Gasteiger partial charge in [-0.3, -0.25) is 0 Å². The molecular formula is C14H21IO4. The van der Waals surface area contributed by atoms with Crippen molar-refractivity contribution in [3.8, 4) is 0 Å². The van der Waals surface area contributed by atoms with Crippen LogP contribution in [-0.2, 0) is 25.6 Å². The van der Waals surface area contributed by atoms with Crippen LogP contribution >= 0.6 is 22.6 Å². The Hall–Kier alpha value is -0.210. The Morgan fingerprint density at radius 3 is 1.89 bits per heavy atom. The molecule has 1 aromatic carbocycles. The molecular weight excluding hydrogens is 359 g/mol. The highest BCUT2D eigenvalue weighted by Gasteiger charge is 1.94. The Bertz CT molecular complexity index is 316. The molecule has 0 aromatic heterocycles. The molecule has 19 heavy (non-hydrogen) atoms. The number of rotatable bonds is 11. The number of methoxy groups -OCH3 is 1. The lowest BCUT2D eigenvalue weighted by Gasteiger charge is -2.07. The summed E-state index contributed by atoms with van der Waals surface area (Å²) in [6, 6.07) is 8.30. The van der Waals surface area contributed by atoms with Gasteiger partial charge in [0.2, 0.25) is 0 Å². The van der Waals surface area contributed by atoms with Crippen molar-refractivity contribution >= 4 is 22.6 Å². The molecule has 0 amide bonds. The molecule has 0 saturated heterocycles. The first kappa shape index (κ1) is 16.8. The van der Waals surface area contributed by atoms with Gasteiger partial charge < -0.3 is 18.9 Å². The van der Waals surface area contributed by atoms with Gasteiger partial charge >= 0.3 is 0 Å². The monoisotopic (exact) mass is 380 g/mol. The summed E-state index contributed by atoms with van der Waals surface area (Å²) >= 11 is 2.29. The molecule has 0 heterocycles. The molecule has 5 heteroatoms. The van der Waals surface area contributed by atoms with Gasteiger partial charge in [0, 0.05) is 10.7 Å². The zero-order valence-electron chi connectivity index (χ0n) is 11.3. The van der Waals surface area contributed by atoms with Crippen molar-refractivity contribution in [3.05, 3.63) is 33.4 Å². The first-order valence-electron chi connectivity index (χ1n) is 6.29. The molecule has 0 bridgehead atoms. The van der Waals surface area contributed by atoms with Crippen LogP contribution in [0.5, 0.6) is 0 Å². The third-order valence-electron chi connectivity index (χ3n) is 2.36. The highest BCUT2D eigenvalue weighted by Crippen LogP contribution is 2.07. The first-order chi connectivity index (χ1) is 9.33. The Labute approximate surface area is 128 Å². The second-order valence-electron chi connectivity index (χ2n) is 3.90. The van der Waals surface area contributed by atoms with Crippen molar-refractivity contribution in [1.29, 1.82) is 0 Å². The largest absolute Gasteiger partial charge is 0.382 e. The topological polar surface area (TPSA) is 36.9 Å². The van der Waals surface area contributed by atoms with Crippen LogP contribution in [0.3, 0.4) is 0 Å². The molecule has 0 aliphatic rings. The van der Waals surface area contributed by atoms with Crippen LogP contribution in [0.2, 0.25) is 0 Å². The van der Waals surface area contributed by atoms with Crippen molar-refractivity contribution in [2.45, 2.75) is 6.61 Å². The minimum atomic E-state index is 0.594. The maximum Gasteiger partial charge on any atom is 0.0718 e. The SMILES string of the molecule is COCCOCCOCCOCc1ccc(I)cc1. The van der Waals surface area contributed by atoms with Crippen LogP contribution < -0.4 is 0 Å². The first-order valence-corrected chi connectivity index (χ1v) is 7.37. The van der Waals surface area contributed by atoms with Crippen molar-refractivity contribution in [2.24, 2.45) is 0 Å². The fourth-order valence-corrected chi connectivity index (χ4v) is 1.71. The van der Waals surface area contributed by atoms with Gasteiger partial charge in [0.1, 0.15) is 0 Å². The molecule has 0 unspecified atom stereocenters. The second-order valence-corrected chi connectivity index (χ2v) is 5.14. The van der Waals surface area contributed by atoms with E-state index in [9.17, 15) is 0 Å².